The fourth-order valence-corrected chi connectivity index (χ4v) is 4.35. The van der Waals surface area contributed by atoms with E-state index in [9.17, 15) is 4.79 Å². The molecule has 0 fully saturated rings. The Morgan fingerprint density at radius 2 is 2.24 bits per heavy atom. The van der Waals surface area contributed by atoms with Crippen LogP contribution in [0.4, 0.5) is 0 Å². The number of nitrogens with zero attached hydrogens (tertiary/aromatic N) is 2. The summed E-state index contributed by atoms with van der Waals surface area (Å²) in [6.07, 6.45) is 1.94. The molecular formula is C19H27N3O2S. The first-order valence-electron chi connectivity index (χ1n) is 8.97. The molecule has 1 aliphatic rings. The van der Waals surface area contributed by atoms with Crippen molar-refractivity contribution in [3.8, 4) is 0 Å². The molecule has 2 aromatic rings. The fraction of sp³-hybridized carbons (Fsp3) is 0.579. The summed E-state index contributed by atoms with van der Waals surface area (Å²) in [6, 6.07) is 0. The van der Waals surface area contributed by atoms with Gasteiger partial charge in [0.15, 0.2) is 0 Å². The van der Waals surface area contributed by atoms with Gasteiger partial charge in [0.2, 0.25) is 0 Å². The molecule has 6 heteroatoms. The molecule has 0 saturated carbocycles. The Labute approximate surface area is 153 Å². The van der Waals surface area contributed by atoms with Gasteiger partial charge in [-0.05, 0) is 38.2 Å². The van der Waals surface area contributed by atoms with Crippen LogP contribution in [-0.4, -0.2) is 29.1 Å². The monoisotopic (exact) mass is 361 g/mol. The molecule has 0 atom stereocenters. The predicted octanol–water partition coefficient (Wildman–Crippen LogP) is 3.69. The summed E-state index contributed by atoms with van der Waals surface area (Å²) < 4.78 is 5.27. The van der Waals surface area contributed by atoms with Crippen molar-refractivity contribution in [1.29, 1.82) is 0 Å². The molecule has 5 nitrogen and oxygen atoms in total. The fourth-order valence-electron chi connectivity index (χ4n) is 3.23. The van der Waals surface area contributed by atoms with Crippen molar-refractivity contribution in [2.24, 2.45) is 5.92 Å². The lowest BCUT2D eigenvalue weighted by Crippen LogP contribution is -2.31. The van der Waals surface area contributed by atoms with Crippen molar-refractivity contribution in [3.63, 3.8) is 0 Å². The van der Waals surface area contributed by atoms with Crippen LogP contribution in [0.2, 0.25) is 0 Å². The number of hydrogen-bond acceptors (Lipinski definition) is 5. The van der Waals surface area contributed by atoms with E-state index in [-0.39, 0.29) is 5.91 Å². The van der Waals surface area contributed by atoms with Crippen LogP contribution in [-0.2, 0) is 19.5 Å². The number of nitrogens with one attached hydrogen (secondary N) is 1. The zero-order valence-corrected chi connectivity index (χ0v) is 16.3. The first-order valence-corrected chi connectivity index (χ1v) is 9.85. The Morgan fingerprint density at radius 1 is 1.44 bits per heavy atom. The number of carbonyl (C=O) groups is 1. The summed E-state index contributed by atoms with van der Waals surface area (Å²) in [5, 5.41) is 9.13. The van der Waals surface area contributed by atoms with E-state index in [1.807, 2.05) is 19.2 Å². The third kappa shape index (κ3) is 4.12. The lowest BCUT2D eigenvalue weighted by atomic mass is 10.0. The van der Waals surface area contributed by atoms with Gasteiger partial charge in [0.05, 0.1) is 11.3 Å². The van der Waals surface area contributed by atoms with Gasteiger partial charge in [0.25, 0.3) is 5.91 Å². The number of fused-ring (bicyclic) bond motifs is 1. The Balaban J connectivity index is 1.63. The van der Waals surface area contributed by atoms with Crippen LogP contribution in [0.15, 0.2) is 9.90 Å². The molecule has 3 rings (SSSR count). The average molecular weight is 362 g/mol. The summed E-state index contributed by atoms with van der Waals surface area (Å²) in [6.45, 7) is 11.8. The number of aryl methyl sites for hydroxylation is 2. The molecule has 0 aliphatic carbocycles. The van der Waals surface area contributed by atoms with Crippen molar-refractivity contribution in [2.75, 3.05) is 13.1 Å². The van der Waals surface area contributed by atoms with Crippen LogP contribution in [0.5, 0.6) is 0 Å². The van der Waals surface area contributed by atoms with Gasteiger partial charge in [0.1, 0.15) is 5.76 Å². The molecule has 1 amide bonds. The summed E-state index contributed by atoms with van der Waals surface area (Å²) >= 11 is 1.70. The Kier molecular flexibility index (Phi) is 5.59. The molecular weight excluding hydrogens is 334 g/mol. The standard InChI is InChI=1S/C19H27N3O2S/c1-12(2)5-7-20-19(23)17-11-25-18-10-22(8-6-15(17)18)9-16-13(3)21-24-14(16)4/h11-12H,5-10H2,1-4H3,(H,20,23). The molecule has 0 radical (unpaired) electrons. The Morgan fingerprint density at radius 3 is 2.92 bits per heavy atom. The van der Waals surface area contributed by atoms with Gasteiger partial charge in [-0.25, -0.2) is 0 Å². The van der Waals surface area contributed by atoms with Crippen LogP contribution in [0.25, 0.3) is 0 Å². The van der Waals surface area contributed by atoms with E-state index in [1.54, 1.807) is 11.3 Å². The minimum atomic E-state index is 0.0809. The molecule has 136 valence electrons. The van der Waals surface area contributed by atoms with Gasteiger partial charge in [-0.1, -0.05) is 19.0 Å². The summed E-state index contributed by atoms with van der Waals surface area (Å²) in [5.74, 6) is 1.59. The Hall–Kier alpha value is -1.66. The van der Waals surface area contributed by atoms with Gasteiger partial charge >= 0.3 is 0 Å². The molecule has 25 heavy (non-hydrogen) atoms. The quantitative estimate of drug-likeness (QED) is 0.852. The van der Waals surface area contributed by atoms with E-state index in [2.05, 4.69) is 29.2 Å². The van der Waals surface area contributed by atoms with Gasteiger partial charge in [-0.15, -0.1) is 11.3 Å². The maximum atomic E-state index is 12.4. The lowest BCUT2D eigenvalue weighted by molar-refractivity contribution is 0.0950. The van der Waals surface area contributed by atoms with Gasteiger partial charge in [0, 0.05) is 42.0 Å². The van der Waals surface area contributed by atoms with E-state index in [0.717, 1.165) is 56.0 Å². The number of amides is 1. The van der Waals surface area contributed by atoms with Crippen molar-refractivity contribution in [3.05, 3.63) is 38.4 Å². The molecule has 0 bridgehead atoms. The van der Waals surface area contributed by atoms with Crippen LogP contribution in [0.3, 0.4) is 0 Å². The molecule has 0 aromatic carbocycles. The van der Waals surface area contributed by atoms with Crippen molar-refractivity contribution in [2.45, 2.75) is 53.6 Å². The maximum Gasteiger partial charge on any atom is 0.252 e. The normalized spacial score (nSPS) is 14.8. The minimum absolute atomic E-state index is 0.0809. The van der Waals surface area contributed by atoms with Gasteiger partial charge in [-0.2, -0.15) is 0 Å². The highest BCUT2D eigenvalue weighted by Gasteiger charge is 2.25. The molecule has 1 N–H and O–H groups in total. The smallest absolute Gasteiger partial charge is 0.252 e. The SMILES string of the molecule is Cc1noc(C)c1CN1CCc2c(C(=O)NCCC(C)C)csc2C1. The minimum Gasteiger partial charge on any atom is -0.361 e. The third-order valence-corrected chi connectivity index (χ3v) is 5.85. The molecule has 0 saturated heterocycles. The molecule has 0 unspecified atom stereocenters. The largest absolute Gasteiger partial charge is 0.361 e. The number of hydrogen-bond donors (Lipinski definition) is 1. The first-order chi connectivity index (χ1) is 12.0. The van der Waals surface area contributed by atoms with Crippen LogP contribution >= 0.6 is 11.3 Å². The highest BCUT2D eigenvalue weighted by atomic mass is 32.1. The van der Waals surface area contributed by atoms with Crippen LogP contribution < -0.4 is 5.32 Å². The number of rotatable bonds is 6. The van der Waals surface area contributed by atoms with E-state index >= 15 is 0 Å². The highest BCUT2D eigenvalue weighted by molar-refractivity contribution is 7.10. The molecule has 0 spiro atoms. The first kappa shape index (κ1) is 18.1. The molecule has 3 heterocycles. The van der Waals surface area contributed by atoms with Crippen LogP contribution in [0.1, 0.15) is 58.1 Å². The molecule has 2 aromatic heterocycles. The second kappa shape index (κ2) is 7.70. The summed E-state index contributed by atoms with van der Waals surface area (Å²) in [5.41, 5.74) is 4.27. The molecule has 1 aliphatic heterocycles. The highest BCUT2D eigenvalue weighted by Crippen LogP contribution is 2.30. The zero-order chi connectivity index (χ0) is 18.0. The average Bonchev–Trinajstić information content (AvgIpc) is 3.12. The zero-order valence-electron chi connectivity index (χ0n) is 15.5. The summed E-state index contributed by atoms with van der Waals surface area (Å²) in [7, 11) is 0. The number of thiophene rings is 1. The second-order valence-corrected chi connectivity index (χ2v) is 8.22. The second-order valence-electron chi connectivity index (χ2n) is 7.25. The van der Waals surface area contributed by atoms with Crippen LogP contribution in [0, 0.1) is 19.8 Å². The van der Waals surface area contributed by atoms with E-state index < -0.39 is 0 Å². The van der Waals surface area contributed by atoms with E-state index in [4.69, 9.17) is 4.52 Å². The maximum absolute atomic E-state index is 12.4. The van der Waals surface area contributed by atoms with Crippen molar-refractivity contribution >= 4 is 17.2 Å². The topological polar surface area (TPSA) is 58.4 Å². The van der Waals surface area contributed by atoms with Gasteiger partial charge < -0.3 is 9.84 Å². The van der Waals surface area contributed by atoms with Gasteiger partial charge in [-0.3, -0.25) is 9.69 Å². The van der Waals surface area contributed by atoms with Crippen molar-refractivity contribution in [1.82, 2.24) is 15.4 Å². The van der Waals surface area contributed by atoms with E-state index in [0.29, 0.717) is 5.92 Å². The Bertz CT molecular complexity index is 728. The summed E-state index contributed by atoms with van der Waals surface area (Å²) in [4.78, 5) is 16.2. The third-order valence-electron chi connectivity index (χ3n) is 4.84. The number of aromatic nitrogens is 1. The number of carbonyl (C=O) groups excluding carboxylic acids is 1. The lowest BCUT2D eigenvalue weighted by Gasteiger charge is -2.27. The van der Waals surface area contributed by atoms with E-state index in [1.165, 1.54) is 16.0 Å². The van der Waals surface area contributed by atoms with Crippen molar-refractivity contribution < 1.29 is 9.32 Å². The predicted molar refractivity (Wildman–Crippen MR) is 99.9 cm³/mol.